The molecule has 1 heterocycles. The van der Waals surface area contributed by atoms with Crippen LogP contribution < -0.4 is 5.11 Å². The topological polar surface area (TPSA) is 43.4 Å². The summed E-state index contributed by atoms with van der Waals surface area (Å²) in [6, 6.07) is 0. The summed E-state index contributed by atoms with van der Waals surface area (Å²) in [7, 11) is 0. The zero-order valence-electron chi connectivity index (χ0n) is 12.0. The fourth-order valence-corrected chi connectivity index (χ4v) is 3.35. The van der Waals surface area contributed by atoms with Gasteiger partial charge in [-0.3, -0.25) is 4.90 Å². The minimum absolute atomic E-state index is 0.0129. The predicted molar refractivity (Wildman–Crippen MR) is 71.9 cm³/mol. The van der Waals surface area contributed by atoms with E-state index in [0.717, 1.165) is 19.4 Å². The lowest BCUT2D eigenvalue weighted by Crippen LogP contribution is -2.61. The van der Waals surface area contributed by atoms with Gasteiger partial charge in [-0.2, -0.15) is 0 Å². The maximum atomic E-state index is 11.0. The van der Waals surface area contributed by atoms with Crippen molar-refractivity contribution in [2.24, 2.45) is 5.92 Å². The molecule has 0 aromatic carbocycles. The van der Waals surface area contributed by atoms with E-state index in [1.54, 1.807) is 0 Å². The lowest BCUT2D eigenvalue weighted by Gasteiger charge is -2.55. The monoisotopic (exact) mass is 250 g/mol. The minimum Gasteiger partial charge on any atom is -0.545 e. The minimum atomic E-state index is -1.12. The van der Waals surface area contributed by atoms with E-state index < -0.39 is 5.97 Å². The first kappa shape index (κ1) is 15.0. The van der Waals surface area contributed by atoms with E-state index in [1.165, 1.54) is 0 Å². The van der Waals surface area contributed by atoms with Crippen LogP contribution >= 0.6 is 0 Å². The van der Waals surface area contributed by atoms with Crippen molar-refractivity contribution in [2.45, 2.75) is 51.6 Å². The van der Waals surface area contributed by atoms with Crippen molar-refractivity contribution in [1.29, 1.82) is 0 Å². The van der Waals surface area contributed by atoms with Crippen molar-refractivity contribution in [3.8, 4) is 0 Å². The van der Waals surface area contributed by atoms with Crippen molar-refractivity contribution in [1.82, 2.24) is 4.90 Å². The van der Waals surface area contributed by atoms with Gasteiger partial charge >= 0.3 is 0 Å². The number of aliphatic carboxylic acids is 1. The number of hydrogen-bond acceptors (Lipinski definition) is 3. The van der Waals surface area contributed by atoms with Gasteiger partial charge in [0.15, 0.2) is 0 Å². The smallest absolute Gasteiger partial charge is 0.0671 e. The molecule has 1 fully saturated rings. The molecular formula is C15H24NO2-. The van der Waals surface area contributed by atoms with Crippen LogP contribution in [0.1, 0.15) is 40.5 Å². The summed E-state index contributed by atoms with van der Waals surface area (Å²) >= 11 is 0. The highest BCUT2D eigenvalue weighted by atomic mass is 16.4. The van der Waals surface area contributed by atoms with Gasteiger partial charge in [-0.1, -0.05) is 12.7 Å². The van der Waals surface area contributed by atoms with Crippen LogP contribution in [-0.2, 0) is 4.79 Å². The van der Waals surface area contributed by atoms with Gasteiger partial charge in [-0.15, -0.1) is 6.58 Å². The second-order valence-corrected chi connectivity index (χ2v) is 6.44. The van der Waals surface area contributed by atoms with E-state index in [1.807, 2.05) is 6.08 Å². The number of likely N-dealkylation sites (tertiary alicyclic amines) is 1. The second kappa shape index (κ2) is 4.88. The van der Waals surface area contributed by atoms with Gasteiger partial charge in [-0.25, -0.2) is 0 Å². The molecule has 18 heavy (non-hydrogen) atoms. The fraction of sp³-hybridized carbons (Fsp3) is 0.667. The first-order chi connectivity index (χ1) is 8.12. The van der Waals surface area contributed by atoms with Crippen LogP contribution in [0.2, 0.25) is 0 Å². The van der Waals surface area contributed by atoms with Crippen LogP contribution in [0.3, 0.4) is 0 Å². The predicted octanol–water partition coefficient (Wildman–Crippen LogP) is 1.75. The van der Waals surface area contributed by atoms with Gasteiger partial charge in [0.05, 0.1) is 5.97 Å². The van der Waals surface area contributed by atoms with Crippen LogP contribution in [-0.4, -0.2) is 28.5 Å². The van der Waals surface area contributed by atoms with Gasteiger partial charge < -0.3 is 9.90 Å². The summed E-state index contributed by atoms with van der Waals surface area (Å²) in [5.74, 6) is -1.13. The molecule has 0 aromatic heterocycles. The number of rotatable bonds is 4. The Bertz CT molecular complexity index is 351. The zero-order chi connectivity index (χ0) is 14.1. The maximum Gasteiger partial charge on any atom is 0.0671 e. The molecule has 1 aliphatic heterocycles. The highest BCUT2D eigenvalue weighted by molar-refractivity contribution is 5.84. The van der Waals surface area contributed by atoms with Crippen molar-refractivity contribution in [2.75, 3.05) is 6.54 Å². The van der Waals surface area contributed by atoms with E-state index in [2.05, 4.69) is 45.8 Å². The summed E-state index contributed by atoms with van der Waals surface area (Å²) < 4.78 is 0. The van der Waals surface area contributed by atoms with Gasteiger partial charge in [0, 0.05) is 17.6 Å². The molecule has 0 bridgehead atoms. The molecule has 3 nitrogen and oxygen atoms in total. The lowest BCUT2D eigenvalue weighted by atomic mass is 9.71. The molecule has 1 rings (SSSR count). The summed E-state index contributed by atoms with van der Waals surface area (Å²) in [6.07, 6.45) is 3.48. The molecule has 1 aliphatic rings. The first-order valence-electron chi connectivity index (χ1n) is 6.40. The number of carbonyl (C=O) groups is 1. The average molecular weight is 250 g/mol. The van der Waals surface area contributed by atoms with Crippen molar-refractivity contribution >= 4 is 5.97 Å². The van der Waals surface area contributed by atoms with E-state index in [9.17, 15) is 9.90 Å². The first-order valence-corrected chi connectivity index (χ1v) is 6.40. The molecule has 0 atom stereocenters. The highest BCUT2D eigenvalue weighted by Crippen LogP contribution is 2.43. The van der Waals surface area contributed by atoms with Gasteiger partial charge in [0.1, 0.15) is 0 Å². The number of piperidine rings is 1. The van der Waals surface area contributed by atoms with Crippen LogP contribution in [0.5, 0.6) is 0 Å². The molecule has 0 radical (unpaired) electrons. The van der Waals surface area contributed by atoms with E-state index in [0.29, 0.717) is 0 Å². The molecule has 1 saturated heterocycles. The van der Waals surface area contributed by atoms with Crippen LogP contribution in [0, 0.1) is 5.92 Å². The number of hydrogen-bond donors (Lipinski definition) is 0. The Kier molecular flexibility index (Phi) is 4.06. The fourth-order valence-electron chi connectivity index (χ4n) is 3.35. The summed E-state index contributed by atoms with van der Waals surface area (Å²) in [6.45, 7) is 16.9. The number of nitrogens with zero attached hydrogens (tertiary/aromatic N) is 1. The number of carbonyl (C=O) groups excluding carboxylic acids is 1. The SMILES string of the molecule is C=CCN1C(C)(C)CC(C(=C)C(=O)[O-])CC1(C)C. The molecular weight excluding hydrogens is 226 g/mol. The lowest BCUT2D eigenvalue weighted by molar-refractivity contribution is -0.300. The van der Waals surface area contributed by atoms with Crippen molar-refractivity contribution < 1.29 is 9.90 Å². The van der Waals surface area contributed by atoms with E-state index in [4.69, 9.17) is 0 Å². The normalized spacial score (nSPS) is 23.6. The molecule has 0 amide bonds. The largest absolute Gasteiger partial charge is 0.545 e. The second-order valence-electron chi connectivity index (χ2n) is 6.44. The molecule has 0 saturated carbocycles. The Morgan fingerprint density at radius 2 is 1.78 bits per heavy atom. The Balaban J connectivity index is 3.01. The highest BCUT2D eigenvalue weighted by Gasteiger charge is 2.45. The van der Waals surface area contributed by atoms with Crippen LogP contribution in [0.4, 0.5) is 0 Å². The molecule has 0 aliphatic carbocycles. The summed E-state index contributed by atoms with van der Waals surface area (Å²) in [5, 5.41) is 11.0. The van der Waals surface area contributed by atoms with Crippen LogP contribution in [0.15, 0.2) is 24.8 Å². The summed E-state index contributed by atoms with van der Waals surface area (Å²) in [5.41, 5.74) is 0.0900. The molecule has 102 valence electrons. The summed E-state index contributed by atoms with van der Waals surface area (Å²) in [4.78, 5) is 13.4. The third kappa shape index (κ3) is 2.83. The third-order valence-corrected chi connectivity index (χ3v) is 4.02. The molecule has 0 spiro atoms. The van der Waals surface area contributed by atoms with Gasteiger partial charge in [0.25, 0.3) is 0 Å². The van der Waals surface area contributed by atoms with E-state index >= 15 is 0 Å². The standard InChI is InChI=1S/C15H25NO2/c1-7-8-16-14(3,4)9-12(10-15(16,5)6)11(2)13(17)18/h7,12H,1-2,8-10H2,3-6H3,(H,17,18)/p-1. The number of carboxylic acids is 1. The zero-order valence-corrected chi connectivity index (χ0v) is 12.0. The van der Waals surface area contributed by atoms with Crippen molar-refractivity contribution in [3.63, 3.8) is 0 Å². The van der Waals surface area contributed by atoms with Gasteiger partial charge in [-0.05, 0) is 52.0 Å². The molecule has 0 N–H and O–H groups in total. The Labute approximate surface area is 110 Å². The Hall–Kier alpha value is -1.09. The van der Waals surface area contributed by atoms with E-state index in [-0.39, 0.29) is 22.6 Å². The number of carboxylic acid groups (broad SMARTS) is 1. The van der Waals surface area contributed by atoms with Gasteiger partial charge in [0.2, 0.25) is 0 Å². The third-order valence-electron chi connectivity index (χ3n) is 4.02. The molecule has 0 aromatic rings. The average Bonchev–Trinajstić information content (AvgIpc) is 2.21. The van der Waals surface area contributed by atoms with Crippen molar-refractivity contribution in [3.05, 3.63) is 24.8 Å². The Morgan fingerprint density at radius 1 is 1.33 bits per heavy atom. The van der Waals surface area contributed by atoms with Crippen LogP contribution in [0.25, 0.3) is 0 Å². The molecule has 3 heteroatoms. The maximum absolute atomic E-state index is 11.0. The molecule has 0 unspecified atom stereocenters. The quantitative estimate of drug-likeness (QED) is 0.564. The Morgan fingerprint density at radius 3 is 2.11 bits per heavy atom.